The molecule has 2 N–H and O–H groups in total. The van der Waals surface area contributed by atoms with Crippen LogP contribution >= 0.6 is 15.9 Å². The van der Waals surface area contributed by atoms with Gasteiger partial charge in [0.2, 0.25) is 5.91 Å². The van der Waals surface area contributed by atoms with E-state index in [1.54, 1.807) is 24.4 Å². The topological polar surface area (TPSA) is 71.1 Å². The number of halogens is 1. The maximum atomic E-state index is 11.8. The lowest BCUT2D eigenvalue weighted by atomic mass is 10.2. The molecule has 0 saturated heterocycles. The fraction of sp³-hybridized carbons (Fsp3) is 0.118. The summed E-state index contributed by atoms with van der Waals surface area (Å²) in [5, 5.41) is 5.42. The van der Waals surface area contributed by atoms with Gasteiger partial charge < -0.3 is 10.6 Å². The average molecular weight is 374 g/mol. The summed E-state index contributed by atoms with van der Waals surface area (Å²) in [7, 11) is 0. The number of hydrogen-bond donors (Lipinski definition) is 2. The Morgan fingerprint density at radius 3 is 2.61 bits per heavy atom. The zero-order valence-corrected chi connectivity index (χ0v) is 13.9. The van der Waals surface area contributed by atoms with Crippen LogP contribution in [0, 0.1) is 0 Å². The van der Waals surface area contributed by atoms with Gasteiger partial charge in [-0.1, -0.05) is 34.1 Å². The fourth-order valence-corrected chi connectivity index (χ4v) is 2.21. The number of pyridine rings is 1. The second-order valence-corrected chi connectivity index (χ2v) is 5.50. The highest BCUT2D eigenvalue weighted by Crippen LogP contribution is 2.16. The van der Waals surface area contributed by atoms with E-state index < -0.39 is 0 Å². The summed E-state index contributed by atoms with van der Waals surface area (Å²) in [5.74, 6) is -0.424. The molecular formula is C17H16BrN3O2. The molecule has 2 aromatic rings. The largest absolute Gasteiger partial charge is 0.351 e. The highest BCUT2D eigenvalue weighted by Gasteiger charge is 2.03. The second-order valence-electron chi connectivity index (χ2n) is 4.64. The first-order chi connectivity index (χ1) is 11.2. The summed E-state index contributed by atoms with van der Waals surface area (Å²) >= 11 is 3.41. The Balaban J connectivity index is 1.71. The van der Waals surface area contributed by atoms with Crippen molar-refractivity contribution in [1.82, 2.24) is 15.6 Å². The first-order valence-electron chi connectivity index (χ1n) is 7.05. The number of carbonyl (C=O) groups is 2. The SMILES string of the molecule is O=C(/C=C/c1ccccc1Br)NCCNC(=O)c1cccnc1. The molecule has 2 rings (SSSR count). The first-order valence-corrected chi connectivity index (χ1v) is 7.85. The third kappa shape index (κ3) is 5.67. The van der Waals surface area contributed by atoms with Crippen LogP contribution in [0.3, 0.4) is 0 Å². The Hall–Kier alpha value is -2.47. The first kappa shape index (κ1) is 16.9. The lowest BCUT2D eigenvalue weighted by Crippen LogP contribution is -2.34. The van der Waals surface area contributed by atoms with E-state index in [9.17, 15) is 9.59 Å². The molecule has 6 heteroatoms. The number of aromatic nitrogens is 1. The molecule has 0 atom stereocenters. The number of nitrogens with one attached hydrogen (secondary N) is 2. The quantitative estimate of drug-likeness (QED) is 0.603. The van der Waals surface area contributed by atoms with E-state index in [-0.39, 0.29) is 11.8 Å². The van der Waals surface area contributed by atoms with Crippen molar-refractivity contribution in [3.63, 3.8) is 0 Å². The molecule has 1 aromatic heterocycles. The van der Waals surface area contributed by atoms with Gasteiger partial charge in [0.05, 0.1) is 5.56 Å². The highest BCUT2D eigenvalue weighted by atomic mass is 79.9. The minimum atomic E-state index is -0.212. The standard InChI is InChI=1S/C17H16BrN3O2/c18-15-6-2-1-4-13(15)7-8-16(22)20-10-11-21-17(23)14-5-3-9-19-12-14/h1-9,12H,10-11H2,(H,20,22)(H,21,23)/b8-7+. The van der Waals surface area contributed by atoms with E-state index >= 15 is 0 Å². The summed E-state index contributed by atoms with van der Waals surface area (Å²) in [6, 6.07) is 11.0. The zero-order valence-electron chi connectivity index (χ0n) is 12.3. The van der Waals surface area contributed by atoms with Crippen LogP contribution < -0.4 is 10.6 Å². The van der Waals surface area contributed by atoms with Crippen molar-refractivity contribution in [2.45, 2.75) is 0 Å². The van der Waals surface area contributed by atoms with Gasteiger partial charge in [0, 0.05) is 36.0 Å². The van der Waals surface area contributed by atoms with Crippen molar-refractivity contribution < 1.29 is 9.59 Å². The average Bonchev–Trinajstić information content (AvgIpc) is 2.58. The van der Waals surface area contributed by atoms with Gasteiger partial charge in [0.1, 0.15) is 0 Å². The Morgan fingerprint density at radius 1 is 1.09 bits per heavy atom. The van der Waals surface area contributed by atoms with Gasteiger partial charge in [0.15, 0.2) is 0 Å². The van der Waals surface area contributed by atoms with E-state index in [1.807, 2.05) is 24.3 Å². The molecule has 0 aliphatic heterocycles. The highest BCUT2D eigenvalue weighted by molar-refractivity contribution is 9.10. The van der Waals surface area contributed by atoms with Crippen LogP contribution in [0.1, 0.15) is 15.9 Å². The number of amides is 2. The fourth-order valence-electron chi connectivity index (χ4n) is 1.80. The minimum absolute atomic E-state index is 0.212. The van der Waals surface area contributed by atoms with Gasteiger partial charge in [-0.3, -0.25) is 14.6 Å². The summed E-state index contributed by atoms with van der Waals surface area (Å²) in [6.45, 7) is 0.702. The minimum Gasteiger partial charge on any atom is -0.351 e. The van der Waals surface area contributed by atoms with E-state index in [0.717, 1.165) is 10.0 Å². The molecule has 23 heavy (non-hydrogen) atoms. The van der Waals surface area contributed by atoms with Crippen molar-refractivity contribution in [1.29, 1.82) is 0 Å². The van der Waals surface area contributed by atoms with Gasteiger partial charge >= 0.3 is 0 Å². The summed E-state index contributed by atoms with van der Waals surface area (Å²) in [6.07, 6.45) is 6.29. The third-order valence-electron chi connectivity index (χ3n) is 2.95. The maximum absolute atomic E-state index is 11.8. The summed E-state index contributed by atoms with van der Waals surface area (Å²) in [5.41, 5.74) is 1.42. The van der Waals surface area contributed by atoms with Gasteiger partial charge in [-0.05, 0) is 29.8 Å². The van der Waals surface area contributed by atoms with Gasteiger partial charge in [-0.2, -0.15) is 0 Å². The normalized spacial score (nSPS) is 10.5. The number of hydrogen-bond acceptors (Lipinski definition) is 3. The molecule has 2 amide bonds. The van der Waals surface area contributed by atoms with Gasteiger partial charge in [-0.15, -0.1) is 0 Å². The molecule has 0 bridgehead atoms. The van der Waals surface area contributed by atoms with Crippen molar-refractivity contribution in [3.8, 4) is 0 Å². The Kier molecular flexibility index (Phi) is 6.50. The molecule has 1 heterocycles. The monoisotopic (exact) mass is 373 g/mol. The van der Waals surface area contributed by atoms with Crippen LogP contribution in [0.2, 0.25) is 0 Å². The number of benzene rings is 1. The molecular weight excluding hydrogens is 358 g/mol. The number of rotatable bonds is 6. The molecule has 0 unspecified atom stereocenters. The molecule has 1 aromatic carbocycles. The molecule has 118 valence electrons. The van der Waals surface area contributed by atoms with E-state index in [0.29, 0.717) is 18.7 Å². The third-order valence-corrected chi connectivity index (χ3v) is 3.68. The van der Waals surface area contributed by atoms with Crippen LogP contribution in [0.5, 0.6) is 0 Å². The predicted molar refractivity (Wildman–Crippen MR) is 92.8 cm³/mol. The number of nitrogens with zero attached hydrogens (tertiary/aromatic N) is 1. The van der Waals surface area contributed by atoms with Gasteiger partial charge in [-0.25, -0.2) is 0 Å². The van der Waals surface area contributed by atoms with E-state index in [1.165, 1.54) is 12.3 Å². The van der Waals surface area contributed by atoms with Gasteiger partial charge in [0.25, 0.3) is 5.91 Å². The van der Waals surface area contributed by atoms with Crippen molar-refractivity contribution in [2.24, 2.45) is 0 Å². The summed E-state index contributed by atoms with van der Waals surface area (Å²) < 4.78 is 0.924. The Bertz CT molecular complexity index is 702. The predicted octanol–water partition coefficient (Wildman–Crippen LogP) is 2.40. The van der Waals surface area contributed by atoms with Crippen molar-refractivity contribution >= 4 is 33.8 Å². The molecule has 0 saturated carbocycles. The number of carbonyl (C=O) groups excluding carboxylic acids is 2. The second kappa shape index (κ2) is 8.85. The van der Waals surface area contributed by atoms with Crippen LogP contribution in [0.15, 0.2) is 59.3 Å². The van der Waals surface area contributed by atoms with E-state index in [4.69, 9.17) is 0 Å². The summed E-state index contributed by atoms with van der Waals surface area (Å²) in [4.78, 5) is 27.3. The molecule has 0 radical (unpaired) electrons. The van der Waals surface area contributed by atoms with Crippen LogP contribution in [-0.2, 0) is 4.79 Å². The van der Waals surface area contributed by atoms with Crippen molar-refractivity contribution in [2.75, 3.05) is 13.1 Å². The Morgan fingerprint density at radius 2 is 1.87 bits per heavy atom. The molecule has 0 spiro atoms. The maximum Gasteiger partial charge on any atom is 0.252 e. The molecule has 5 nitrogen and oxygen atoms in total. The lowest BCUT2D eigenvalue weighted by molar-refractivity contribution is -0.116. The smallest absolute Gasteiger partial charge is 0.252 e. The molecule has 0 aliphatic rings. The van der Waals surface area contributed by atoms with Crippen LogP contribution in [-0.4, -0.2) is 29.9 Å². The lowest BCUT2D eigenvalue weighted by Gasteiger charge is -2.05. The zero-order chi connectivity index (χ0) is 16.5. The van der Waals surface area contributed by atoms with Crippen LogP contribution in [0.25, 0.3) is 6.08 Å². The Labute approximate surface area is 142 Å². The molecule has 0 fully saturated rings. The van der Waals surface area contributed by atoms with Crippen LogP contribution in [0.4, 0.5) is 0 Å². The molecule has 0 aliphatic carbocycles. The van der Waals surface area contributed by atoms with E-state index in [2.05, 4.69) is 31.5 Å². The van der Waals surface area contributed by atoms with Crippen molar-refractivity contribution in [3.05, 3.63) is 70.5 Å².